The summed E-state index contributed by atoms with van der Waals surface area (Å²) in [6.45, 7) is 1.26. The average molecular weight is 172 g/mol. The van der Waals surface area contributed by atoms with Crippen molar-refractivity contribution in [1.29, 1.82) is 0 Å². The first-order chi connectivity index (χ1) is 5.81. The van der Waals surface area contributed by atoms with Gasteiger partial charge in [-0.15, -0.1) is 0 Å². The van der Waals surface area contributed by atoms with Gasteiger partial charge in [0.05, 0.1) is 19.3 Å². The van der Waals surface area contributed by atoms with Gasteiger partial charge >= 0.3 is 0 Å². The van der Waals surface area contributed by atoms with Crippen LogP contribution in [0, 0.1) is 0 Å². The molecule has 2 aliphatic rings. The van der Waals surface area contributed by atoms with E-state index in [0.29, 0.717) is 6.61 Å². The first-order valence-electron chi connectivity index (χ1n) is 4.77. The lowest BCUT2D eigenvalue weighted by Gasteiger charge is -2.41. The smallest absolute Gasteiger partial charge is 0.168 e. The van der Waals surface area contributed by atoms with E-state index in [1.54, 1.807) is 0 Å². The third kappa shape index (κ3) is 1.63. The van der Waals surface area contributed by atoms with Gasteiger partial charge in [0.1, 0.15) is 0 Å². The minimum absolute atomic E-state index is 0.277. The van der Waals surface area contributed by atoms with Gasteiger partial charge in [0.25, 0.3) is 0 Å². The second-order valence-electron chi connectivity index (χ2n) is 3.72. The lowest BCUT2D eigenvalue weighted by Crippen LogP contribution is -2.45. The largest absolute Gasteiger partial charge is 0.391 e. The minimum Gasteiger partial charge on any atom is -0.391 e. The van der Waals surface area contributed by atoms with E-state index in [1.165, 1.54) is 6.42 Å². The van der Waals surface area contributed by atoms with Gasteiger partial charge in [0.15, 0.2) is 5.79 Å². The number of hydrogen-bond acceptors (Lipinski definition) is 3. The Morgan fingerprint density at radius 3 is 2.67 bits per heavy atom. The molecule has 0 aromatic rings. The molecule has 1 spiro atoms. The molecule has 12 heavy (non-hydrogen) atoms. The summed E-state index contributed by atoms with van der Waals surface area (Å²) in [5.41, 5.74) is 0. The highest BCUT2D eigenvalue weighted by atomic mass is 16.7. The first-order valence-corrected chi connectivity index (χ1v) is 4.77. The van der Waals surface area contributed by atoms with Gasteiger partial charge in [0.2, 0.25) is 0 Å². The highest BCUT2D eigenvalue weighted by molar-refractivity contribution is 4.79. The summed E-state index contributed by atoms with van der Waals surface area (Å²) >= 11 is 0. The summed E-state index contributed by atoms with van der Waals surface area (Å²) in [7, 11) is 0. The van der Waals surface area contributed by atoms with Crippen LogP contribution in [0.3, 0.4) is 0 Å². The zero-order valence-corrected chi connectivity index (χ0v) is 7.29. The summed E-state index contributed by atoms with van der Waals surface area (Å²) in [5.74, 6) is -0.322. The Morgan fingerprint density at radius 1 is 1.17 bits per heavy atom. The van der Waals surface area contributed by atoms with Crippen LogP contribution in [-0.2, 0) is 9.47 Å². The number of aliphatic hydroxyl groups is 1. The third-order valence-electron chi connectivity index (χ3n) is 2.71. The molecule has 0 aliphatic carbocycles. The fraction of sp³-hybridized carbons (Fsp3) is 1.00. The molecule has 70 valence electrons. The van der Waals surface area contributed by atoms with Crippen molar-refractivity contribution in [1.82, 2.24) is 0 Å². The Morgan fingerprint density at radius 2 is 2.08 bits per heavy atom. The summed E-state index contributed by atoms with van der Waals surface area (Å²) in [4.78, 5) is 0. The Kier molecular flexibility index (Phi) is 2.35. The highest BCUT2D eigenvalue weighted by Crippen LogP contribution is 2.34. The molecule has 3 nitrogen and oxygen atoms in total. The van der Waals surface area contributed by atoms with Gasteiger partial charge < -0.3 is 14.6 Å². The summed E-state index contributed by atoms with van der Waals surface area (Å²) in [6, 6.07) is 0. The van der Waals surface area contributed by atoms with Crippen LogP contribution in [-0.4, -0.2) is 30.2 Å². The van der Waals surface area contributed by atoms with Gasteiger partial charge in [-0.1, -0.05) is 0 Å². The van der Waals surface area contributed by atoms with E-state index in [1.807, 2.05) is 0 Å². The first kappa shape index (κ1) is 8.48. The van der Waals surface area contributed by atoms with Gasteiger partial charge in [0, 0.05) is 12.8 Å². The van der Waals surface area contributed by atoms with E-state index in [-0.39, 0.29) is 11.9 Å². The van der Waals surface area contributed by atoms with E-state index in [4.69, 9.17) is 9.47 Å². The number of rotatable bonds is 0. The van der Waals surface area contributed by atoms with E-state index >= 15 is 0 Å². The van der Waals surface area contributed by atoms with Crippen LogP contribution >= 0.6 is 0 Å². The standard InChI is InChI=1S/C9H16O3/c10-8-3-5-9(12-7-8)4-1-2-6-11-9/h8,10H,1-7H2/t8-,9-/m0/s1. The van der Waals surface area contributed by atoms with Crippen molar-refractivity contribution in [2.45, 2.75) is 44.0 Å². The van der Waals surface area contributed by atoms with Crippen LogP contribution in [0.25, 0.3) is 0 Å². The van der Waals surface area contributed by atoms with Crippen LogP contribution in [0.15, 0.2) is 0 Å². The van der Waals surface area contributed by atoms with Gasteiger partial charge in [-0.3, -0.25) is 0 Å². The summed E-state index contributed by atoms with van der Waals surface area (Å²) in [5, 5.41) is 9.24. The monoisotopic (exact) mass is 172 g/mol. The van der Waals surface area contributed by atoms with Crippen molar-refractivity contribution >= 4 is 0 Å². The Labute approximate surface area is 72.7 Å². The summed E-state index contributed by atoms with van der Waals surface area (Å²) < 4.78 is 11.2. The lowest BCUT2D eigenvalue weighted by molar-refractivity contribution is -0.286. The molecule has 0 unspecified atom stereocenters. The molecule has 3 heteroatoms. The van der Waals surface area contributed by atoms with Gasteiger partial charge in [-0.2, -0.15) is 0 Å². The quantitative estimate of drug-likeness (QED) is 0.593. The van der Waals surface area contributed by atoms with E-state index in [2.05, 4.69) is 0 Å². The lowest BCUT2D eigenvalue weighted by atomic mass is 9.96. The van der Waals surface area contributed by atoms with E-state index in [0.717, 1.165) is 32.3 Å². The van der Waals surface area contributed by atoms with Gasteiger partial charge in [-0.25, -0.2) is 0 Å². The van der Waals surface area contributed by atoms with Crippen molar-refractivity contribution in [3.63, 3.8) is 0 Å². The maximum Gasteiger partial charge on any atom is 0.168 e. The Balaban J connectivity index is 1.92. The van der Waals surface area contributed by atoms with Crippen molar-refractivity contribution in [2.75, 3.05) is 13.2 Å². The molecule has 2 atom stereocenters. The molecule has 0 aromatic carbocycles. The number of hydrogen-bond donors (Lipinski definition) is 1. The fourth-order valence-corrected chi connectivity index (χ4v) is 1.93. The van der Waals surface area contributed by atoms with E-state index in [9.17, 15) is 5.11 Å². The molecule has 1 N–H and O–H groups in total. The van der Waals surface area contributed by atoms with Crippen LogP contribution in [0.4, 0.5) is 0 Å². The second-order valence-corrected chi connectivity index (χ2v) is 3.72. The molecule has 2 fully saturated rings. The predicted molar refractivity (Wildman–Crippen MR) is 43.7 cm³/mol. The van der Waals surface area contributed by atoms with Crippen LogP contribution in [0.2, 0.25) is 0 Å². The van der Waals surface area contributed by atoms with Crippen molar-refractivity contribution in [3.8, 4) is 0 Å². The number of ether oxygens (including phenoxy) is 2. The highest BCUT2D eigenvalue weighted by Gasteiger charge is 2.38. The maximum absolute atomic E-state index is 9.24. The molecule has 0 aromatic heterocycles. The molecular formula is C9H16O3. The SMILES string of the molecule is O[C@H]1CC[C@]2(CCCCO2)OC1. The zero-order chi connectivity index (χ0) is 8.44. The van der Waals surface area contributed by atoms with Crippen molar-refractivity contribution < 1.29 is 14.6 Å². The molecular weight excluding hydrogens is 156 g/mol. The minimum atomic E-state index is -0.322. The maximum atomic E-state index is 9.24. The molecule has 2 heterocycles. The normalized spacial score (nSPS) is 43.2. The summed E-state index contributed by atoms with van der Waals surface area (Å²) in [6.07, 6.45) is 4.73. The predicted octanol–water partition coefficient (Wildman–Crippen LogP) is 1.05. The van der Waals surface area contributed by atoms with Crippen LogP contribution in [0.1, 0.15) is 32.1 Å². The average Bonchev–Trinajstić information content (AvgIpc) is 2.13. The Bertz CT molecular complexity index is 142. The van der Waals surface area contributed by atoms with Crippen molar-refractivity contribution in [3.05, 3.63) is 0 Å². The molecule has 2 rings (SSSR count). The Hall–Kier alpha value is -0.120. The molecule has 0 radical (unpaired) electrons. The third-order valence-corrected chi connectivity index (χ3v) is 2.71. The van der Waals surface area contributed by atoms with Crippen LogP contribution < -0.4 is 0 Å². The van der Waals surface area contributed by atoms with E-state index < -0.39 is 0 Å². The van der Waals surface area contributed by atoms with Crippen molar-refractivity contribution in [2.24, 2.45) is 0 Å². The molecule has 0 bridgehead atoms. The zero-order valence-electron chi connectivity index (χ0n) is 7.29. The topological polar surface area (TPSA) is 38.7 Å². The van der Waals surface area contributed by atoms with Crippen LogP contribution in [0.5, 0.6) is 0 Å². The fourth-order valence-electron chi connectivity index (χ4n) is 1.93. The second kappa shape index (κ2) is 3.32. The molecule has 2 saturated heterocycles. The number of aliphatic hydroxyl groups excluding tert-OH is 1. The molecule has 2 aliphatic heterocycles. The van der Waals surface area contributed by atoms with Gasteiger partial charge in [-0.05, 0) is 19.3 Å². The molecule has 0 amide bonds. The molecule has 0 saturated carbocycles.